The van der Waals surface area contributed by atoms with Gasteiger partial charge in [0, 0.05) is 17.0 Å². The van der Waals surface area contributed by atoms with Crippen molar-refractivity contribution in [2.75, 3.05) is 7.11 Å². The van der Waals surface area contributed by atoms with Crippen molar-refractivity contribution in [2.45, 2.75) is 13.1 Å². The zero-order valence-corrected chi connectivity index (χ0v) is 18.3. The van der Waals surface area contributed by atoms with Crippen LogP contribution < -0.4 is 10.3 Å². The number of methoxy groups -OCH3 is 1. The van der Waals surface area contributed by atoms with E-state index in [1.165, 1.54) is 42.3 Å². The Morgan fingerprint density at radius 3 is 2.61 bits per heavy atom. The van der Waals surface area contributed by atoms with Crippen molar-refractivity contribution < 1.29 is 13.5 Å². The highest BCUT2D eigenvalue weighted by atomic mass is 35.5. The fourth-order valence-corrected chi connectivity index (χ4v) is 4.25. The van der Waals surface area contributed by atoms with Gasteiger partial charge in [0.25, 0.3) is 5.56 Å². The van der Waals surface area contributed by atoms with Crippen LogP contribution in [0.4, 0.5) is 8.78 Å². The number of aromatic nitrogens is 3. The first kappa shape index (κ1) is 21.2. The molecule has 5 aromatic rings. The second-order valence-corrected chi connectivity index (χ2v) is 8.09. The van der Waals surface area contributed by atoms with Gasteiger partial charge in [-0.3, -0.25) is 9.36 Å². The third-order valence-electron chi connectivity index (χ3n) is 5.64. The maximum atomic E-state index is 14.3. The molecule has 0 bridgehead atoms. The van der Waals surface area contributed by atoms with E-state index in [-0.39, 0.29) is 24.4 Å². The summed E-state index contributed by atoms with van der Waals surface area (Å²) >= 11 is 6.28. The lowest BCUT2D eigenvalue weighted by Gasteiger charge is -2.11. The van der Waals surface area contributed by atoms with Gasteiger partial charge in [-0.05, 0) is 47.5 Å². The summed E-state index contributed by atoms with van der Waals surface area (Å²) in [4.78, 5) is 18.0. The predicted octanol–water partition coefficient (Wildman–Crippen LogP) is 5.39. The van der Waals surface area contributed by atoms with Crippen LogP contribution >= 0.6 is 11.6 Å². The second kappa shape index (κ2) is 8.33. The lowest BCUT2D eigenvalue weighted by atomic mass is 10.2. The van der Waals surface area contributed by atoms with E-state index >= 15 is 0 Å². The van der Waals surface area contributed by atoms with E-state index in [0.29, 0.717) is 32.5 Å². The van der Waals surface area contributed by atoms with Crippen molar-refractivity contribution in [3.8, 4) is 5.75 Å². The molecule has 33 heavy (non-hydrogen) atoms. The molecule has 0 amide bonds. The van der Waals surface area contributed by atoms with Crippen molar-refractivity contribution in [1.29, 1.82) is 0 Å². The molecule has 0 aliphatic heterocycles. The Kier molecular flexibility index (Phi) is 5.34. The zero-order valence-electron chi connectivity index (χ0n) is 17.6. The molecule has 5 rings (SSSR count). The summed E-state index contributed by atoms with van der Waals surface area (Å²) in [6.07, 6.45) is 1.44. The summed E-state index contributed by atoms with van der Waals surface area (Å²) in [7, 11) is 1.40. The van der Waals surface area contributed by atoms with Crippen molar-refractivity contribution >= 4 is 33.5 Å². The molecule has 166 valence electrons. The molecular weight excluding hydrogens is 448 g/mol. The number of nitrogens with zero attached hydrogens (tertiary/aromatic N) is 3. The van der Waals surface area contributed by atoms with Gasteiger partial charge < -0.3 is 9.30 Å². The average Bonchev–Trinajstić information content (AvgIpc) is 3.10. The molecule has 0 saturated heterocycles. The van der Waals surface area contributed by atoms with Gasteiger partial charge in [-0.25, -0.2) is 13.8 Å². The normalized spacial score (nSPS) is 11.4. The summed E-state index contributed by atoms with van der Waals surface area (Å²) in [5, 5.41) is 1.06. The topological polar surface area (TPSA) is 49.0 Å². The van der Waals surface area contributed by atoms with E-state index in [1.54, 1.807) is 22.8 Å². The maximum Gasteiger partial charge on any atom is 0.278 e. The molecule has 0 radical (unpaired) electrons. The van der Waals surface area contributed by atoms with E-state index in [2.05, 4.69) is 4.98 Å². The average molecular weight is 466 g/mol. The van der Waals surface area contributed by atoms with Crippen LogP contribution in [-0.4, -0.2) is 21.2 Å². The Balaban J connectivity index is 1.71. The molecular formula is C25H18ClF2N3O2. The molecule has 0 fully saturated rings. The summed E-state index contributed by atoms with van der Waals surface area (Å²) < 4.78 is 36.6. The number of halogens is 3. The lowest BCUT2D eigenvalue weighted by molar-refractivity contribution is 0.386. The smallest absolute Gasteiger partial charge is 0.278 e. The maximum absolute atomic E-state index is 14.3. The number of rotatable bonds is 5. The fraction of sp³-hybridized carbons (Fsp3) is 0.120. The molecule has 2 aromatic heterocycles. The minimum atomic E-state index is -0.504. The van der Waals surface area contributed by atoms with Crippen LogP contribution in [0, 0.1) is 11.6 Å². The van der Waals surface area contributed by atoms with Gasteiger partial charge in [0.15, 0.2) is 11.6 Å². The van der Waals surface area contributed by atoms with Gasteiger partial charge in [0.1, 0.15) is 16.9 Å². The molecule has 0 atom stereocenters. The van der Waals surface area contributed by atoms with Gasteiger partial charge in [0.2, 0.25) is 0 Å². The first-order chi connectivity index (χ1) is 16.0. The van der Waals surface area contributed by atoms with Gasteiger partial charge in [-0.15, -0.1) is 0 Å². The van der Waals surface area contributed by atoms with Crippen LogP contribution in [-0.2, 0) is 13.1 Å². The van der Waals surface area contributed by atoms with Crippen molar-refractivity contribution in [3.63, 3.8) is 0 Å². The highest BCUT2D eigenvalue weighted by molar-refractivity contribution is 6.31. The Bertz CT molecular complexity index is 1580. The summed E-state index contributed by atoms with van der Waals surface area (Å²) in [6, 6.07) is 16.2. The number of ether oxygens (including phenoxy) is 1. The van der Waals surface area contributed by atoms with Crippen LogP contribution in [0.5, 0.6) is 5.75 Å². The summed E-state index contributed by atoms with van der Waals surface area (Å²) in [6.45, 7) is 0.425. The Labute approximate surface area is 192 Å². The van der Waals surface area contributed by atoms with Gasteiger partial charge in [0.05, 0.1) is 25.5 Å². The minimum Gasteiger partial charge on any atom is -0.494 e. The largest absolute Gasteiger partial charge is 0.494 e. The summed E-state index contributed by atoms with van der Waals surface area (Å²) in [5.74, 6) is -0.804. The first-order valence-electron chi connectivity index (χ1n) is 10.2. The molecule has 0 aliphatic rings. The molecule has 2 heterocycles. The van der Waals surface area contributed by atoms with E-state index in [1.807, 2.05) is 18.2 Å². The van der Waals surface area contributed by atoms with Crippen molar-refractivity contribution in [1.82, 2.24) is 14.1 Å². The third-order valence-corrected chi connectivity index (χ3v) is 6.01. The predicted molar refractivity (Wildman–Crippen MR) is 124 cm³/mol. The van der Waals surface area contributed by atoms with Crippen LogP contribution in [0.2, 0.25) is 5.02 Å². The number of fused-ring (bicyclic) bond motifs is 3. The van der Waals surface area contributed by atoms with Crippen LogP contribution in [0.3, 0.4) is 0 Å². The highest BCUT2D eigenvalue weighted by Gasteiger charge is 2.18. The Morgan fingerprint density at radius 2 is 1.85 bits per heavy atom. The Morgan fingerprint density at radius 1 is 1.03 bits per heavy atom. The SMILES string of the molecule is COc1ccc(Cn2c3ccc(F)cc3c3ncn(Cc4ccccc4Cl)c(=O)c32)cc1F. The standard InChI is InChI=1S/C25H18ClF2N3O2/c1-33-22-9-6-15(10-20(22)28)12-31-21-8-7-17(27)11-18(21)23-24(31)25(32)30(14-29-23)13-16-4-2-3-5-19(16)26/h2-11,14H,12-13H2,1H3. The molecule has 8 heteroatoms. The zero-order chi connectivity index (χ0) is 23.1. The number of hydrogen-bond acceptors (Lipinski definition) is 3. The van der Waals surface area contributed by atoms with Crippen LogP contribution in [0.1, 0.15) is 11.1 Å². The second-order valence-electron chi connectivity index (χ2n) is 7.68. The highest BCUT2D eigenvalue weighted by Crippen LogP contribution is 2.28. The number of hydrogen-bond donors (Lipinski definition) is 0. The van der Waals surface area contributed by atoms with E-state index < -0.39 is 11.6 Å². The van der Waals surface area contributed by atoms with E-state index in [9.17, 15) is 13.6 Å². The quantitative estimate of drug-likeness (QED) is 0.350. The molecule has 0 aliphatic carbocycles. The molecule has 0 spiro atoms. The molecule has 0 unspecified atom stereocenters. The van der Waals surface area contributed by atoms with E-state index in [0.717, 1.165) is 5.56 Å². The van der Waals surface area contributed by atoms with Crippen LogP contribution in [0.25, 0.3) is 21.9 Å². The van der Waals surface area contributed by atoms with E-state index in [4.69, 9.17) is 16.3 Å². The minimum absolute atomic E-state index is 0.131. The molecule has 0 saturated carbocycles. The molecule has 5 nitrogen and oxygen atoms in total. The number of benzene rings is 3. The monoisotopic (exact) mass is 465 g/mol. The van der Waals surface area contributed by atoms with Crippen LogP contribution in [0.15, 0.2) is 71.8 Å². The van der Waals surface area contributed by atoms with Crippen molar-refractivity contribution in [2.24, 2.45) is 0 Å². The molecule has 3 aromatic carbocycles. The van der Waals surface area contributed by atoms with Gasteiger partial charge >= 0.3 is 0 Å². The van der Waals surface area contributed by atoms with Crippen molar-refractivity contribution in [3.05, 3.63) is 105 Å². The first-order valence-corrected chi connectivity index (χ1v) is 10.6. The fourth-order valence-electron chi connectivity index (χ4n) is 4.05. The van der Waals surface area contributed by atoms with Gasteiger partial charge in [-0.2, -0.15) is 0 Å². The third kappa shape index (κ3) is 3.74. The lowest BCUT2D eigenvalue weighted by Crippen LogP contribution is -2.23. The summed E-state index contributed by atoms with van der Waals surface area (Å²) in [5.41, 5.74) is 2.42. The Hall–Kier alpha value is -3.71. The van der Waals surface area contributed by atoms with Gasteiger partial charge in [-0.1, -0.05) is 35.9 Å². The molecule has 0 N–H and O–H groups in total.